The molecule has 0 atom stereocenters. The van der Waals surface area contributed by atoms with Gasteiger partial charge in [0, 0.05) is 7.11 Å². The Labute approximate surface area is 110 Å². The summed E-state index contributed by atoms with van der Waals surface area (Å²) in [7, 11) is -1.98. The van der Waals surface area contributed by atoms with Gasteiger partial charge in [-0.3, -0.25) is 0 Å². The molecule has 0 aliphatic heterocycles. The monoisotopic (exact) mass is 274 g/mol. The number of ether oxygens (including phenoxy) is 1. The highest BCUT2D eigenvalue weighted by atomic mass is 32.2. The summed E-state index contributed by atoms with van der Waals surface area (Å²) in [6.07, 6.45) is 6.34. The summed E-state index contributed by atoms with van der Waals surface area (Å²) in [5.41, 5.74) is -0.910. The van der Waals surface area contributed by atoms with Gasteiger partial charge in [-0.25, -0.2) is 8.42 Å². The van der Waals surface area contributed by atoms with Crippen LogP contribution in [0.1, 0.15) is 44.9 Å². The van der Waals surface area contributed by atoms with Crippen LogP contribution in [0.2, 0.25) is 0 Å². The fraction of sp³-hybridized carbons (Fsp3) is 0.917. The zero-order valence-corrected chi connectivity index (χ0v) is 11.8. The van der Waals surface area contributed by atoms with Crippen molar-refractivity contribution in [2.75, 3.05) is 19.5 Å². The van der Waals surface area contributed by atoms with Gasteiger partial charge in [0.1, 0.15) is 5.54 Å². The van der Waals surface area contributed by atoms with Crippen molar-refractivity contribution in [2.45, 2.75) is 50.5 Å². The van der Waals surface area contributed by atoms with E-state index in [1.807, 2.05) is 0 Å². The molecule has 18 heavy (non-hydrogen) atoms. The van der Waals surface area contributed by atoms with Gasteiger partial charge in [-0.05, 0) is 12.8 Å². The average molecular weight is 274 g/mol. The normalized spacial score (nSPS) is 20.7. The van der Waals surface area contributed by atoms with Crippen molar-refractivity contribution in [3.8, 4) is 6.07 Å². The molecule has 0 bridgehead atoms. The summed E-state index contributed by atoms with van der Waals surface area (Å²) in [6.45, 7) is 0.150. The number of rotatable bonds is 5. The van der Waals surface area contributed by atoms with E-state index in [1.165, 1.54) is 13.5 Å². The minimum atomic E-state index is -3.44. The van der Waals surface area contributed by atoms with Gasteiger partial charge in [0.15, 0.2) is 0 Å². The Morgan fingerprint density at radius 2 is 1.78 bits per heavy atom. The first kappa shape index (κ1) is 15.4. The highest BCUT2D eigenvalue weighted by molar-refractivity contribution is 7.89. The first-order valence-electron chi connectivity index (χ1n) is 6.45. The Hall–Kier alpha value is -0.640. The molecule has 0 aromatic heterocycles. The molecule has 1 fully saturated rings. The summed E-state index contributed by atoms with van der Waals surface area (Å²) in [4.78, 5) is 0. The van der Waals surface area contributed by atoms with E-state index in [0.717, 1.165) is 25.7 Å². The standard InChI is InChI=1S/C12H22N2O3S/c1-17-9-10-18(15,16)14-12(11-13)7-5-3-2-4-6-8-12/h14H,2-10H2,1H3. The van der Waals surface area contributed by atoms with Gasteiger partial charge in [0.2, 0.25) is 10.0 Å². The number of nitrogens with one attached hydrogen (secondary N) is 1. The third-order valence-corrected chi connectivity index (χ3v) is 4.73. The molecule has 0 aromatic carbocycles. The van der Waals surface area contributed by atoms with Crippen molar-refractivity contribution >= 4 is 10.0 Å². The molecule has 5 nitrogen and oxygen atoms in total. The summed E-state index contributed by atoms with van der Waals surface area (Å²) in [6, 6.07) is 2.19. The third-order valence-electron chi connectivity index (χ3n) is 3.33. The van der Waals surface area contributed by atoms with Crippen LogP contribution in [0.25, 0.3) is 0 Å². The van der Waals surface area contributed by atoms with Crippen molar-refractivity contribution in [1.82, 2.24) is 4.72 Å². The van der Waals surface area contributed by atoms with Crippen molar-refractivity contribution in [3.63, 3.8) is 0 Å². The van der Waals surface area contributed by atoms with Gasteiger partial charge in [-0.2, -0.15) is 9.98 Å². The highest BCUT2D eigenvalue weighted by Gasteiger charge is 2.34. The molecule has 1 rings (SSSR count). The zero-order valence-electron chi connectivity index (χ0n) is 10.9. The molecule has 1 aliphatic rings. The van der Waals surface area contributed by atoms with Crippen LogP contribution in [-0.4, -0.2) is 33.4 Å². The summed E-state index contributed by atoms with van der Waals surface area (Å²) >= 11 is 0. The number of hydrogen-bond acceptors (Lipinski definition) is 4. The predicted octanol–water partition coefficient (Wildman–Crippen LogP) is 1.56. The second-order valence-corrected chi connectivity index (χ2v) is 6.72. The summed E-state index contributed by atoms with van der Waals surface area (Å²) in [5.74, 6) is -0.0903. The summed E-state index contributed by atoms with van der Waals surface area (Å²) < 4.78 is 31.1. The Morgan fingerprint density at radius 1 is 1.22 bits per heavy atom. The van der Waals surface area contributed by atoms with Gasteiger partial charge < -0.3 is 4.74 Å². The van der Waals surface area contributed by atoms with Crippen LogP contribution in [0, 0.1) is 11.3 Å². The first-order chi connectivity index (χ1) is 8.54. The van der Waals surface area contributed by atoms with Crippen LogP contribution < -0.4 is 4.72 Å². The molecule has 0 aromatic rings. The maximum Gasteiger partial charge on any atom is 0.215 e. The van der Waals surface area contributed by atoms with Gasteiger partial charge in [-0.1, -0.05) is 32.1 Å². The molecule has 6 heteroatoms. The quantitative estimate of drug-likeness (QED) is 0.825. The van der Waals surface area contributed by atoms with E-state index < -0.39 is 15.6 Å². The number of hydrogen-bond donors (Lipinski definition) is 1. The summed E-state index contributed by atoms with van der Waals surface area (Å²) in [5, 5.41) is 9.34. The van der Waals surface area contributed by atoms with Crippen LogP contribution in [0.3, 0.4) is 0 Å². The Morgan fingerprint density at radius 3 is 2.28 bits per heavy atom. The van der Waals surface area contributed by atoms with Crippen molar-refractivity contribution in [3.05, 3.63) is 0 Å². The fourth-order valence-corrected chi connectivity index (χ4v) is 3.62. The lowest BCUT2D eigenvalue weighted by Gasteiger charge is -2.29. The Bertz CT molecular complexity index is 379. The van der Waals surface area contributed by atoms with Gasteiger partial charge in [-0.15, -0.1) is 0 Å². The molecule has 0 spiro atoms. The molecule has 0 amide bonds. The van der Waals surface area contributed by atoms with Crippen LogP contribution >= 0.6 is 0 Å². The van der Waals surface area contributed by atoms with E-state index >= 15 is 0 Å². The molecule has 0 heterocycles. The lowest BCUT2D eigenvalue weighted by atomic mass is 9.86. The molecule has 1 N–H and O–H groups in total. The van der Waals surface area contributed by atoms with E-state index in [2.05, 4.69) is 10.8 Å². The first-order valence-corrected chi connectivity index (χ1v) is 8.11. The van der Waals surface area contributed by atoms with Crippen molar-refractivity contribution in [1.29, 1.82) is 5.26 Å². The molecule has 104 valence electrons. The fourth-order valence-electron chi connectivity index (χ4n) is 2.29. The number of methoxy groups -OCH3 is 1. The topological polar surface area (TPSA) is 79.2 Å². The Kier molecular flexibility index (Phi) is 6.06. The van der Waals surface area contributed by atoms with Crippen LogP contribution in [-0.2, 0) is 14.8 Å². The van der Waals surface area contributed by atoms with Crippen LogP contribution in [0.4, 0.5) is 0 Å². The number of nitriles is 1. The molecular formula is C12H22N2O3S. The second kappa shape index (κ2) is 7.07. The maximum absolute atomic E-state index is 11.9. The predicted molar refractivity (Wildman–Crippen MR) is 69.5 cm³/mol. The van der Waals surface area contributed by atoms with E-state index in [0.29, 0.717) is 12.8 Å². The largest absolute Gasteiger partial charge is 0.384 e. The van der Waals surface area contributed by atoms with Gasteiger partial charge in [0.05, 0.1) is 18.4 Å². The molecule has 0 radical (unpaired) electrons. The van der Waals surface area contributed by atoms with Crippen LogP contribution in [0.5, 0.6) is 0 Å². The SMILES string of the molecule is COCCS(=O)(=O)NC1(C#N)CCCCCCC1. The van der Waals surface area contributed by atoms with E-state index in [9.17, 15) is 13.7 Å². The minimum absolute atomic E-state index is 0.0903. The molecule has 0 unspecified atom stereocenters. The van der Waals surface area contributed by atoms with Gasteiger partial charge >= 0.3 is 0 Å². The second-order valence-electron chi connectivity index (χ2n) is 4.88. The smallest absolute Gasteiger partial charge is 0.215 e. The third kappa shape index (κ3) is 4.92. The molecule has 0 saturated heterocycles. The van der Waals surface area contributed by atoms with Crippen molar-refractivity contribution < 1.29 is 13.2 Å². The molecule has 1 saturated carbocycles. The zero-order chi connectivity index (χ0) is 13.5. The number of sulfonamides is 1. The maximum atomic E-state index is 11.9. The molecule has 1 aliphatic carbocycles. The van der Waals surface area contributed by atoms with E-state index in [1.54, 1.807) is 0 Å². The lowest BCUT2D eigenvalue weighted by Crippen LogP contribution is -2.48. The Balaban J connectivity index is 2.71. The minimum Gasteiger partial charge on any atom is -0.384 e. The highest BCUT2D eigenvalue weighted by Crippen LogP contribution is 2.26. The van der Waals surface area contributed by atoms with Gasteiger partial charge in [0.25, 0.3) is 0 Å². The van der Waals surface area contributed by atoms with E-state index in [-0.39, 0.29) is 12.4 Å². The lowest BCUT2D eigenvalue weighted by molar-refractivity contribution is 0.216. The average Bonchev–Trinajstić information content (AvgIpc) is 2.30. The molecular weight excluding hydrogens is 252 g/mol. The van der Waals surface area contributed by atoms with Crippen molar-refractivity contribution in [2.24, 2.45) is 0 Å². The number of nitrogens with zero attached hydrogens (tertiary/aromatic N) is 1. The van der Waals surface area contributed by atoms with Crippen LogP contribution in [0.15, 0.2) is 0 Å². The van der Waals surface area contributed by atoms with E-state index in [4.69, 9.17) is 4.74 Å².